The van der Waals surface area contributed by atoms with Gasteiger partial charge in [-0.1, -0.05) is 17.7 Å². The highest BCUT2D eigenvalue weighted by molar-refractivity contribution is 6.33. The van der Waals surface area contributed by atoms with Gasteiger partial charge in [0.2, 0.25) is 5.89 Å². The summed E-state index contributed by atoms with van der Waals surface area (Å²) in [7, 11) is 0. The zero-order valence-electron chi connectivity index (χ0n) is 12.0. The minimum Gasteiger partial charge on any atom is -0.439 e. The average molecular weight is 310 g/mol. The Morgan fingerprint density at radius 2 is 2.14 bits per heavy atom. The number of hydrogen-bond acceptors (Lipinski definition) is 5. The second kappa shape index (κ2) is 5.83. The summed E-state index contributed by atoms with van der Waals surface area (Å²) in [6, 6.07) is 4.50. The molecule has 0 spiro atoms. The molecule has 2 aromatic rings. The molecule has 6 nitrogen and oxygen atoms in total. The third-order valence-electron chi connectivity index (χ3n) is 2.76. The van der Waals surface area contributed by atoms with E-state index in [0.717, 1.165) is 0 Å². The molecule has 0 saturated carbocycles. The van der Waals surface area contributed by atoms with Crippen molar-refractivity contribution in [1.29, 1.82) is 0 Å². The van der Waals surface area contributed by atoms with Crippen LogP contribution in [0.1, 0.15) is 26.7 Å². The molecule has 0 bridgehead atoms. The van der Waals surface area contributed by atoms with E-state index >= 15 is 0 Å². The standard InChI is InChI=1S/C14H16ClN3O3/c1-14(2,3)17-8-12-16-7-11(21-12)13-9(15)5-4-6-10(13)18(19)20/h4-7,17H,8H2,1-3H3. The SMILES string of the molecule is CC(C)(C)NCc1ncc(-c2c(Cl)cccc2[N+](=O)[O-])o1. The maximum absolute atomic E-state index is 11.1. The molecule has 0 aliphatic carbocycles. The first kappa shape index (κ1) is 15.5. The molecule has 0 radical (unpaired) electrons. The summed E-state index contributed by atoms with van der Waals surface area (Å²) in [6.45, 7) is 6.50. The molecule has 112 valence electrons. The van der Waals surface area contributed by atoms with Gasteiger partial charge in [-0.25, -0.2) is 4.98 Å². The van der Waals surface area contributed by atoms with Gasteiger partial charge >= 0.3 is 0 Å². The Morgan fingerprint density at radius 3 is 2.76 bits per heavy atom. The fraction of sp³-hybridized carbons (Fsp3) is 0.357. The van der Waals surface area contributed by atoms with Crippen molar-refractivity contribution >= 4 is 17.3 Å². The molecule has 0 fully saturated rings. The van der Waals surface area contributed by atoms with E-state index in [4.69, 9.17) is 16.0 Å². The summed E-state index contributed by atoms with van der Waals surface area (Å²) < 4.78 is 5.57. The van der Waals surface area contributed by atoms with Crippen LogP contribution in [-0.4, -0.2) is 15.4 Å². The van der Waals surface area contributed by atoms with E-state index in [1.165, 1.54) is 18.3 Å². The van der Waals surface area contributed by atoms with Gasteiger partial charge in [-0.05, 0) is 26.8 Å². The van der Waals surface area contributed by atoms with Gasteiger partial charge in [-0.3, -0.25) is 10.1 Å². The highest BCUT2D eigenvalue weighted by atomic mass is 35.5. The summed E-state index contributed by atoms with van der Waals surface area (Å²) in [5.41, 5.74) is 0.0676. The van der Waals surface area contributed by atoms with Crippen molar-refractivity contribution in [3.05, 3.63) is 45.4 Å². The third-order valence-corrected chi connectivity index (χ3v) is 3.07. The fourth-order valence-electron chi connectivity index (χ4n) is 1.76. The van der Waals surface area contributed by atoms with E-state index in [1.54, 1.807) is 6.07 Å². The summed E-state index contributed by atoms with van der Waals surface area (Å²) in [5, 5.41) is 14.6. The molecule has 0 aliphatic heterocycles. The van der Waals surface area contributed by atoms with Gasteiger partial charge in [0.1, 0.15) is 5.56 Å². The Hall–Kier alpha value is -1.92. The van der Waals surface area contributed by atoms with Gasteiger partial charge in [0.15, 0.2) is 5.76 Å². The van der Waals surface area contributed by atoms with Crippen molar-refractivity contribution in [2.24, 2.45) is 0 Å². The smallest absolute Gasteiger partial charge is 0.281 e. The first-order chi connectivity index (χ1) is 9.78. The zero-order chi connectivity index (χ0) is 15.6. The number of halogens is 1. The first-order valence-corrected chi connectivity index (χ1v) is 6.79. The molecule has 0 saturated heterocycles. The molecule has 0 atom stereocenters. The second-order valence-corrected chi connectivity index (χ2v) is 6.02. The van der Waals surface area contributed by atoms with Crippen LogP contribution in [0.3, 0.4) is 0 Å². The van der Waals surface area contributed by atoms with Gasteiger partial charge in [-0.2, -0.15) is 0 Å². The molecule has 0 aliphatic rings. The van der Waals surface area contributed by atoms with Crippen molar-refractivity contribution < 1.29 is 9.34 Å². The quantitative estimate of drug-likeness (QED) is 0.686. The van der Waals surface area contributed by atoms with Crippen molar-refractivity contribution in [2.45, 2.75) is 32.9 Å². The molecular formula is C14H16ClN3O3. The number of nitrogens with zero attached hydrogens (tertiary/aromatic N) is 2. The predicted molar refractivity (Wildman–Crippen MR) is 80.2 cm³/mol. The lowest BCUT2D eigenvalue weighted by molar-refractivity contribution is -0.384. The molecule has 21 heavy (non-hydrogen) atoms. The molecule has 0 unspecified atom stereocenters. The monoisotopic (exact) mass is 309 g/mol. The Bertz CT molecular complexity index is 662. The maximum Gasteiger partial charge on any atom is 0.281 e. The van der Waals surface area contributed by atoms with Crippen molar-refractivity contribution in [3.63, 3.8) is 0 Å². The van der Waals surface area contributed by atoms with E-state index in [9.17, 15) is 10.1 Å². The van der Waals surface area contributed by atoms with E-state index in [2.05, 4.69) is 10.3 Å². The Balaban J connectivity index is 2.32. The van der Waals surface area contributed by atoms with Crippen LogP contribution in [0.2, 0.25) is 5.02 Å². The third kappa shape index (κ3) is 3.80. The number of oxazole rings is 1. The number of benzene rings is 1. The van der Waals surface area contributed by atoms with Crippen molar-refractivity contribution in [3.8, 4) is 11.3 Å². The molecule has 2 rings (SSSR count). The van der Waals surface area contributed by atoms with E-state index in [0.29, 0.717) is 12.4 Å². The lowest BCUT2D eigenvalue weighted by Crippen LogP contribution is -2.35. The second-order valence-electron chi connectivity index (χ2n) is 5.61. The van der Waals surface area contributed by atoms with Gasteiger partial charge in [0, 0.05) is 11.6 Å². The number of rotatable bonds is 4. The summed E-state index contributed by atoms with van der Waals surface area (Å²) >= 11 is 6.06. The number of aromatic nitrogens is 1. The molecule has 1 N–H and O–H groups in total. The van der Waals surface area contributed by atoms with Crippen LogP contribution in [0, 0.1) is 10.1 Å². The molecule has 7 heteroatoms. The van der Waals surface area contributed by atoms with Crippen LogP contribution in [-0.2, 0) is 6.54 Å². The van der Waals surface area contributed by atoms with Gasteiger partial charge in [0.25, 0.3) is 5.69 Å². The number of hydrogen-bond donors (Lipinski definition) is 1. The molecule has 1 heterocycles. The minimum atomic E-state index is -0.489. The average Bonchev–Trinajstić information content (AvgIpc) is 2.83. The predicted octanol–water partition coefficient (Wildman–Crippen LogP) is 3.79. The van der Waals surface area contributed by atoms with Gasteiger partial charge in [-0.15, -0.1) is 0 Å². The van der Waals surface area contributed by atoms with E-state index in [-0.39, 0.29) is 27.6 Å². The topological polar surface area (TPSA) is 81.2 Å². The largest absolute Gasteiger partial charge is 0.439 e. The highest BCUT2D eigenvalue weighted by Crippen LogP contribution is 2.36. The summed E-state index contributed by atoms with van der Waals surface area (Å²) in [5.74, 6) is 0.743. The lowest BCUT2D eigenvalue weighted by atomic mass is 10.1. The summed E-state index contributed by atoms with van der Waals surface area (Å²) in [4.78, 5) is 14.7. The maximum atomic E-state index is 11.1. The number of nitrogens with one attached hydrogen (secondary N) is 1. The summed E-state index contributed by atoms with van der Waals surface area (Å²) in [6.07, 6.45) is 1.45. The lowest BCUT2D eigenvalue weighted by Gasteiger charge is -2.18. The van der Waals surface area contributed by atoms with Gasteiger partial charge in [0.05, 0.1) is 22.7 Å². The fourth-order valence-corrected chi connectivity index (χ4v) is 2.02. The van der Waals surface area contributed by atoms with Crippen LogP contribution < -0.4 is 5.32 Å². The van der Waals surface area contributed by atoms with Crippen LogP contribution in [0.15, 0.2) is 28.8 Å². The van der Waals surface area contributed by atoms with Crippen molar-refractivity contribution in [2.75, 3.05) is 0 Å². The van der Waals surface area contributed by atoms with Crippen LogP contribution in [0.25, 0.3) is 11.3 Å². The Morgan fingerprint density at radius 1 is 1.43 bits per heavy atom. The zero-order valence-corrected chi connectivity index (χ0v) is 12.8. The molecule has 1 aromatic carbocycles. The van der Waals surface area contributed by atoms with Gasteiger partial charge < -0.3 is 9.73 Å². The van der Waals surface area contributed by atoms with Crippen LogP contribution >= 0.6 is 11.6 Å². The Kier molecular flexibility index (Phi) is 4.29. The van der Waals surface area contributed by atoms with Crippen LogP contribution in [0.4, 0.5) is 5.69 Å². The number of nitro groups is 1. The highest BCUT2D eigenvalue weighted by Gasteiger charge is 2.22. The van der Waals surface area contributed by atoms with Crippen molar-refractivity contribution in [1.82, 2.24) is 10.3 Å². The normalized spacial score (nSPS) is 11.6. The molecule has 1 aromatic heterocycles. The number of nitro benzene ring substituents is 1. The minimum absolute atomic E-state index is 0.0784. The van der Waals surface area contributed by atoms with E-state index < -0.39 is 4.92 Å². The molecule has 0 amide bonds. The Labute approximate surface area is 127 Å². The molecular weight excluding hydrogens is 294 g/mol. The van der Waals surface area contributed by atoms with Crippen LogP contribution in [0.5, 0.6) is 0 Å². The van der Waals surface area contributed by atoms with E-state index in [1.807, 2.05) is 20.8 Å². The first-order valence-electron chi connectivity index (χ1n) is 6.41.